The van der Waals surface area contributed by atoms with Crippen LogP contribution in [0.25, 0.3) is 0 Å². The van der Waals surface area contributed by atoms with Crippen LogP contribution in [-0.4, -0.2) is 85.1 Å². The molecule has 42 heavy (non-hydrogen) atoms. The molecule has 2 fully saturated rings. The van der Waals surface area contributed by atoms with Gasteiger partial charge in [0.2, 0.25) is 11.9 Å². The molecule has 1 aromatic heterocycles. The second-order valence-electron chi connectivity index (χ2n) is 10.3. The smallest absolute Gasteiger partial charge is 0.321 e. The van der Waals surface area contributed by atoms with Gasteiger partial charge in [-0.2, -0.15) is 4.98 Å². The van der Waals surface area contributed by atoms with Crippen molar-refractivity contribution in [3.05, 3.63) is 59.8 Å². The van der Waals surface area contributed by atoms with E-state index in [2.05, 4.69) is 30.7 Å². The summed E-state index contributed by atoms with van der Waals surface area (Å²) in [4.78, 5) is 51.8. The van der Waals surface area contributed by atoms with Crippen LogP contribution >= 0.6 is 0 Å². The monoisotopic (exact) mass is 572 g/mol. The number of nitrogens with one attached hydrogen (secondary N) is 3. The first kappa shape index (κ1) is 28.8. The van der Waals surface area contributed by atoms with Gasteiger partial charge in [-0.15, -0.1) is 0 Å². The number of ether oxygens (including phenoxy) is 1. The molecule has 2 aliphatic heterocycles. The lowest BCUT2D eigenvalue weighted by molar-refractivity contribution is -0.114. The molecule has 3 N–H and O–H groups in total. The van der Waals surface area contributed by atoms with Crippen molar-refractivity contribution in [1.82, 2.24) is 14.9 Å². The van der Waals surface area contributed by atoms with E-state index in [1.54, 1.807) is 35.4 Å². The number of urea groups is 1. The Hall–Kier alpha value is -4.71. The molecule has 3 heterocycles. The molecule has 0 aliphatic carbocycles. The fraction of sp³-hybridized carbons (Fsp3) is 0.367. The number of morpholine rings is 1. The zero-order valence-corrected chi connectivity index (χ0v) is 24.1. The lowest BCUT2D eigenvalue weighted by Crippen LogP contribution is -2.50. The summed E-state index contributed by atoms with van der Waals surface area (Å²) in [5, 5.41) is 9.23. The number of hydrogen-bond donors (Lipinski definition) is 3. The van der Waals surface area contributed by atoms with Crippen molar-refractivity contribution in [2.24, 2.45) is 0 Å². The largest absolute Gasteiger partial charge is 0.378 e. The van der Waals surface area contributed by atoms with E-state index in [0.717, 1.165) is 22.8 Å². The molecule has 0 radical (unpaired) electrons. The Morgan fingerprint density at radius 2 is 1.52 bits per heavy atom. The molecular weight excluding hydrogens is 536 g/mol. The highest BCUT2D eigenvalue weighted by Crippen LogP contribution is 2.36. The molecule has 220 valence electrons. The molecule has 3 amide bonds. The predicted octanol–water partition coefficient (Wildman–Crippen LogP) is 3.88. The SMILES string of the molecule is CC(=O)Nc1cccc(Nc2ncc(C)c(N3CCN(C(=O)Nc4ccc(C(C)=O)cc4)CC3)n2)c1N1CCOCC1. The second kappa shape index (κ2) is 12.9. The molecule has 3 aromatic rings. The maximum absolute atomic E-state index is 12.9. The topological polar surface area (TPSA) is 132 Å². The molecule has 0 atom stereocenters. The van der Waals surface area contributed by atoms with E-state index in [4.69, 9.17) is 9.72 Å². The van der Waals surface area contributed by atoms with Crippen LogP contribution in [0.1, 0.15) is 29.8 Å². The summed E-state index contributed by atoms with van der Waals surface area (Å²) < 4.78 is 5.54. The van der Waals surface area contributed by atoms with E-state index in [1.807, 2.05) is 25.1 Å². The average Bonchev–Trinajstić information content (AvgIpc) is 2.99. The van der Waals surface area contributed by atoms with E-state index >= 15 is 0 Å². The number of aromatic nitrogens is 2. The fourth-order valence-corrected chi connectivity index (χ4v) is 5.11. The van der Waals surface area contributed by atoms with Crippen LogP contribution in [0.5, 0.6) is 0 Å². The molecule has 2 aliphatic rings. The minimum Gasteiger partial charge on any atom is -0.378 e. The normalized spacial score (nSPS) is 15.3. The molecule has 0 saturated carbocycles. The van der Waals surface area contributed by atoms with Crippen molar-refractivity contribution in [3.8, 4) is 0 Å². The minimum absolute atomic E-state index is 0.0154. The van der Waals surface area contributed by atoms with Crippen LogP contribution in [0, 0.1) is 6.92 Å². The van der Waals surface area contributed by atoms with Crippen molar-refractivity contribution < 1.29 is 19.1 Å². The molecule has 0 spiro atoms. The van der Waals surface area contributed by atoms with Crippen LogP contribution in [0.2, 0.25) is 0 Å². The molecule has 2 saturated heterocycles. The Morgan fingerprint density at radius 1 is 0.833 bits per heavy atom. The Balaban J connectivity index is 1.27. The number of carbonyl (C=O) groups excluding carboxylic acids is 3. The fourth-order valence-electron chi connectivity index (χ4n) is 5.11. The number of carbonyl (C=O) groups is 3. The first-order valence-electron chi connectivity index (χ1n) is 14.0. The molecule has 0 unspecified atom stereocenters. The van der Waals surface area contributed by atoms with Crippen molar-refractivity contribution >= 4 is 52.2 Å². The first-order chi connectivity index (χ1) is 20.3. The maximum atomic E-state index is 12.9. The molecule has 12 nitrogen and oxygen atoms in total. The summed E-state index contributed by atoms with van der Waals surface area (Å²) in [6.45, 7) is 9.89. The summed E-state index contributed by atoms with van der Waals surface area (Å²) >= 11 is 0. The van der Waals surface area contributed by atoms with Gasteiger partial charge in [-0.05, 0) is 50.2 Å². The Labute approximate surface area is 245 Å². The third kappa shape index (κ3) is 6.77. The number of aryl methyl sites for hydroxylation is 1. The lowest BCUT2D eigenvalue weighted by Gasteiger charge is -2.36. The zero-order valence-electron chi connectivity index (χ0n) is 24.1. The Morgan fingerprint density at radius 3 is 2.19 bits per heavy atom. The van der Waals surface area contributed by atoms with Crippen molar-refractivity contribution in [2.75, 3.05) is 78.2 Å². The third-order valence-electron chi connectivity index (χ3n) is 7.27. The van der Waals surface area contributed by atoms with E-state index in [1.165, 1.54) is 13.8 Å². The van der Waals surface area contributed by atoms with E-state index < -0.39 is 0 Å². The summed E-state index contributed by atoms with van der Waals surface area (Å²) in [6, 6.07) is 12.4. The van der Waals surface area contributed by atoms with Gasteiger partial charge in [-0.1, -0.05) is 6.07 Å². The van der Waals surface area contributed by atoms with Gasteiger partial charge in [0.1, 0.15) is 5.82 Å². The Bertz CT molecular complexity index is 1450. The van der Waals surface area contributed by atoms with Crippen LogP contribution in [0.3, 0.4) is 0 Å². The highest BCUT2D eigenvalue weighted by Gasteiger charge is 2.24. The van der Waals surface area contributed by atoms with Crippen LogP contribution in [-0.2, 0) is 9.53 Å². The number of rotatable bonds is 7. The molecule has 5 rings (SSSR count). The third-order valence-corrected chi connectivity index (χ3v) is 7.27. The highest BCUT2D eigenvalue weighted by atomic mass is 16.5. The summed E-state index contributed by atoms with van der Waals surface area (Å²) in [6.07, 6.45) is 1.79. The van der Waals surface area contributed by atoms with Gasteiger partial charge in [-0.3, -0.25) is 9.59 Å². The lowest BCUT2D eigenvalue weighted by atomic mass is 10.1. The van der Waals surface area contributed by atoms with E-state index in [0.29, 0.717) is 75.4 Å². The number of ketones is 1. The van der Waals surface area contributed by atoms with Gasteiger partial charge in [0.15, 0.2) is 5.78 Å². The number of hydrogen-bond acceptors (Lipinski definition) is 9. The quantitative estimate of drug-likeness (QED) is 0.361. The summed E-state index contributed by atoms with van der Waals surface area (Å²) in [7, 11) is 0. The van der Waals surface area contributed by atoms with Crippen molar-refractivity contribution in [3.63, 3.8) is 0 Å². The summed E-state index contributed by atoms with van der Waals surface area (Å²) in [5.74, 6) is 1.09. The first-order valence-corrected chi connectivity index (χ1v) is 14.0. The average molecular weight is 573 g/mol. The number of para-hydroxylation sites is 1. The number of anilines is 6. The van der Waals surface area contributed by atoms with Crippen LogP contribution in [0.15, 0.2) is 48.7 Å². The van der Waals surface area contributed by atoms with Crippen molar-refractivity contribution in [2.45, 2.75) is 20.8 Å². The minimum atomic E-state index is -0.179. The van der Waals surface area contributed by atoms with Gasteiger partial charge in [-0.25, -0.2) is 9.78 Å². The number of nitrogens with zero attached hydrogens (tertiary/aromatic N) is 5. The van der Waals surface area contributed by atoms with Crippen LogP contribution < -0.4 is 25.8 Å². The maximum Gasteiger partial charge on any atom is 0.321 e. The van der Waals surface area contributed by atoms with Gasteiger partial charge in [0.25, 0.3) is 0 Å². The van der Waals surface area contributed by atoms with Gasteiger partial charge in [0.05, 0.1) is 30.3 Å². The standard InChI is InChI=1S/C30H36N8O4/c1-20-19-31-29(34-26-6-4-5-25(32-22(3)40)27(26)36-15-17-42-18-16-36)35-28(20)37-11-13-38(14-12-37)30(41)33-24-9-7-23(8-10-24)21(2)39/h4-10,19H,11-18H2,1-3H3,(H,32,40)(H,33,41)(H,31,34,35). The van der Waals surface area contributed by atoms with E-state index in [-0.39, 0.29) is 17.7 Å². The van der Waals surface area contributed by atoms with Gasteiger partial charge >= 0.3 is 6.03 Å². The number of piperazine rings is 1. The van der Waals surface area contributed by atoms with Gasteiger partial charge in [0, 0.05) is 69.2 Å². The van der Waals surface area contributed by atoms with E-state index in [9.17, 15) is 14.4 Å². The molecule has 2 aromatic carbocycles. The Kier molecular flexibility index (Phi) is 8.82. The molecular formula is C30H36N8O4. The number of Topliss-reactive ketones (excluding diaryl/α,β-unsaturated/α-hetero) is 1. The number of amides is 3. The zero-order chi connectivity index (χ0) is 29.6. The number of benzene rings is 2. The molecule has 12 heteroatoms. The predicted molar refractivity (Wildman–Crippen MR) is 163 cm³/mol. The van der Waals surface area contributed by atoms with Crippen molar-refractivity contribution in [1.29, 1.82) is 0 Å². The van der Waals surface area contributed by atoms with Gasteiger partial charge < -0.3 is 35.4 Å². The highest BCUT2D eigenvalue weighted by molar-refractivity contribution is 5.97. The summed E-state index contributed by atoms with van der Waals surface area (Å²) in [5.41, 5.74) is 4.56. The van der Waals surface area contributed by atoms with Crippen LogP contribution in [0.4, 0.5) is 39.3 Å². The second-order valence-corrected chi connectivity index (χ2v) is 10.3. The molecule has 0 bridgehead atoms.